The summed E-state index contributed by atoms with van der Waals surface area (Å²) in [6.45, 7) is -0.273. The summed E-state index contributed by atoms with van der Waals surface area (Å²) in [5.41, 5.74) is 1.88. The first-order valence-electron chi connectivity index (χ1n) is 8.96. The molecule has 5 atom stereocenters. The Labute approximate surface area is 158 Å². The van der Waals surface area contributed by atoms with Crippen LogP contribution in [0.5, 0.6) is 0 Å². The maximum absolute atomic E-state index is 13.5. The highest BCUT2D eigenvalue weighted by Gasteiger charge is 2.47. The van der Waals surface area contributed by atoms with Crippen molar-refractivity contribution in [1.29, 1.82) is 0 Å². The van der Waals surface area contributed by atoms with Gasteiger partial charge in [-0.05, 0) is 11.1 Å². The lowest BCUT2D eigenvalue weighted by molar-refractivity contribution is -0.310. The van der Waals surface area contributed by atoms with Crippen molar-refractivity contribution in [1.82, 2.24) is 0 Å². The first kappa shape index (κ1) is 19.9. The van der Waals surface area contributed by atoms with E-state index >= 15 is 0 Å². The number of hydrogen-bond donors (Lipinski definition) is 1. The van der Waals surface area contributed by atoms with Crippen molar-refractivity contribution in [2.45, 2.75) is 43.9 Å². The standard InChI is InChI=1S/C21H25FO5/c1-24-21-20(26-14-16-10-6-3-7-11-16)18(23)19(17(12-22)27-21)25-13-15-8-4-2-5-9-15/h2-11,17-21,23H,12-14H2,1H3/t17-,18+,19-,20+,21+/m1/s1. The molecule has 1 heterocycles. The van der Waals surface area contributed by atoms with Gasteiger partial charge in [-0.2, -0.15) is 0 Å². The molecule has 0 aromatic heterocycles. The predicted octanol–water partition coefficient (Wildman–Crippen LogP) is 2.86. The van der Waals surface area contributed by atoms with E-state index in [1.807, 2.05) is 60.7 Å². The summed E-state index contributed by atoms with van der Waals surface area (Å²) in [6.07, 6.45) is -4.54. The van der Waals surface area contributed by atoms with E-state index in [-0.39, 0.29) is 13.2 Å². The largest absolute Gasteiger partial charge is 0.387 e. The molecule has 0 amide bonds. The normalized spacial score (nSPS) is 28.2. The highest BCUT2D eigenvalue weighted by atomic mass is 19.1. The lowest BCUT2D eigenvalue weighted by atomic mass is 9.98. The molecule has 1 saturated heterocycles. The van der Waals surface area contributed by atoms with Crippen molar-refractivity contribution in [3.63, 3.8) is 0 Å². The van der Waals surface area contributed by atoms with Crippen LogP contribution in [-0.4, -0.2) is 49.6 Å². The molecular formula is C21H25FO5. The third-order valence-corrected chi connectivity index (χ3v) is 4.57. The van der Waals surface area contributed by atoms with Gasteiger partial charge in [-0.3, -0.25) is 0 Å². The van der Waals surface area contributed by atoms with Gasteiger partial charge in [0.15, 0.2) is 6.29 Å². The second-order valence-electron chi connectivity index (χ2n) is 6.45. The number of aliphatic hydroxyl groups is 1. The van der Waals surface area contributed by atoms with Crippen LogP contribution in [0.1, 0.15) is 11.1 Å². The lowest BCUT2D eigenvalue weighted by Gasteiger charge is -2.42. The van der Waals surface area contributed by atoms with Crippen LogP contribution in [0.4, 0.5) is 4.39 Å². The third kappa shape index (κ3) is 5.12. The van der Waals surface area contributed by atoms with Crippen LogP contribution in [0.2, 0.25) is 0 Å². The van der Waals surface area contributed by atoms with E-state index in [0.29, 0.717) is 0 Å². The van der Waals surface area contributed by atoms with Crippen LogP contribution in [0.15, 0.2) is 60.7 Å². The van der Waals surface area contributed by atoms with Crippen molar-refractivity contribution in [2.75, 3.05) is 13.8 Å². The SMILES string of the molecule is CO[C@H]1O[C@H](CF)[C@@H](OCc2ccccc2)[C@H](O)[C@@H]1OCc1ccccc1. The molecule has 0 bridgehead atoms. The van der Waals surface area contributed by atoms with Gasteiger partial charge in [-0.15, -0.1) is 0 Å². The van der Waals surface area contributed by atoms with E-state index in [4.69, 9.17) is 18.9 Å². The smallest absolute Gasteiger partial charge is 0.186 e. The predicted molar refractivity (Wildman–Crippen MR) is 97.7 cm³/mol. The minimum atomic E-state index is -1.09. The first-order chi connectivity index (χ1) is 13.2. The van der Waals surface area contributed by atoms with Crippen LogP contribution in [-0.2, 0) is 32.2 Å². The fourth-order valence-corrected chi connectivity index (χ4v) is 3.13. The van der Waals surface area contributed by atoms with Crippen LogP contribution in [0, 0.1) is 0 Å². The third-order valence-electron chi connectivity index (χ3n) is 4.57. The van der Waals surface area contributed by atoms with Crippen LogP contribution >= 0.6 is 0 Å². The number of rotatable bonds is 8. The topological polar surface area (TPSA) is 57.2 Å². The second-order valence-corrected chi connectivity index (χ2v) is 6.45. The maximum atomic E-state index is 13.5. The number of hydrogen-bond acceptors (Lipinski definition) is 5. The van der Waals surface area contributed by atoms with E-state index in [1.165, 1.54) is 7.11 Å². The Morgan fingerprint density at radius 3 is 1.89 bits per heavy atom. The molecular weight excluding hydrogens is 351 g/mol. The van der Waals surface area contributed by atoms with Crippen LogP contribution in [0.3, 0.4) is 0 Å². The molecule has 0 aliphatic carbocycles. The molecule has 1 N–H and O–H groups in total. The van der Waals surface area contributed by atoms with Gasteiger partial charge in [0.1, 0.15) is 31.1 Å². The van der Waals surface area contributed by atoms with E-state index in [1.54, 1.807) is 0 Å². The molecule has 1 aliphatic heterocycles. The monoisotopic (exact) mass is 376 g/mol. The summed E-state index contributed by atoms with van der Waals surface area (Å²) in [7, 11) is 1.44. The summed E-state index contributed by atoms with van der Waals surface area (Å²) >= 11 is 0. The van der Waals surface area contributed by atoms with Gasteiger partial charge in [0, 0.05) is 7.11 Å². The Bertz CT molecular complexity index is 611. The van der Waals surface area contributed by atoms with E-state index in [9.17, 15) is 9.50 Å². The van der Waals surface area contributed by atoms with Gasteiger partial charge in [0.25, 0.3) is 0 Å². The Hall–Kier alpha value is -1.83. The number of halogens is 1. The summed E-state index contributed by atoms with van der Waals surface area (Å²) < 4.78 is 36.1. The molecule has 0 unspecified atom stereocenters. The maximum Gasteiger partial charge on any atom is 0.186 e. The molecule has 0 saturated carbocycles. The van der Waals surface area contributed by atoms with E-state index < -0.39 is 37.4 Å². The van der Waals surface area contributed by atoms with Crippen molar-refractivity contribution in [3.8, 4) is 0 Å². The fourth-order valence-electron chi connectivity index (χ4n) is 3.13. The minimum Gasteiger partial charge on any atom is -0.387 e. The molecule has 0 radical (unpaired) electrons. The Morgan fingerprint density at radius 2 is 1.41 bits per heavy atom. The molecule has 2 aromatic rings. The van der Waals surface area contributed by atoms with Gasteiger partial charge in [0.2, 0.25) is 0 Å². The molecule has 2 aromatic carbocycles. The fraction of sp³-hybridized carbons (Fsp3) is 0.429. The van der Waals surface area contributed by atoms with Gasteiger partial charge in [0.05, 0.1) is 13.2 Å². The Morgan fingerprint density at radius 1 is 0.889 bits per heavy atom. The highest BCUT2D eigenvalue weighted by molar-refractivity contribution is 5.14. The number of ether oxygens (including phenoxy) is 4. The van der Waals surface area contributed by atoms with Gasteiger partial charge in [-0.25, -0.2) is 4.39 Å². The van der Waals surface area contributed by atoms with Crippen LogP contribution in [0.25, 0.3) is 0 Å². The Balaban J connectivity index is 1.68. The van der Waals surface area contributed by atoms with Crippen LogP contribution < -0.4 is 0 Å². The zero-order valence-electron chi connectivity index (χ0n) is 15.2. The van der Waals surface area contributed by atoms with Gasteiger partial charge < -0.3 is 24.1 Å². The van der Waals surface area contributed by atoms with E-state index in [0.717, 1.165) is 11.1 Å². The molecule has 27 heavy (non-hydrogen) atoms. The summed E-state index contributed by atoms with van der Waals surface area (Å²) in [4.78, 5) is 0. The Kier molecular flexibility index (Phi) is 7.32. The molecule has 5 nitrogen and oxygen atoms in total. The molecule has 1 fully saturated rings. The highest BCUT2D eigenvalue weighted by Crippen LogP contribution is 2.28. The van der Waals surface area contributed by atoms with E-state index in [2.05, 4.69) is 0 Å². The quantitative estimate of drug-likeness (QED) is 0.768. The first-order valence-corrected chi connectivity index (χ1v) is 8.96. The zero-order valence-corrected chi connectivity index (χ0v) is 15.2. The van der Waals surface area contributed by atoms with Gasteiger partial charge >= 0.3 is 0 Å². The van der Waals surface area contributed by atoms with Crippen molar-refractivity contribution < 1.29 is 28.4 Å². The summed E-state index contributed by atoms with van der Waals surface area (Å²) in [6, 6.07) is 19.1. The summed E-state index contributed by atoms with van der Waals surface area (Å²) in [5, 5.41) is 10.8. The molecule has 3 rings (SSSR count). The molecule has 146 valence electrons. The average Bonchev–Trinajstić information content (AvgIpc) is 2.73. The average molecular weight is 376 g/mol. The number of benzene rings is 2. The number of alkyl halides is 1. The molecule has 0 spiro atoms. The van der Waals surface area contributed by atoms with Crippen molar-refractivity contribution in [2.24, 2.45) is 0 Å². The zero-order chi connectivity index (χ0) is 19.1. The second kappa shape index (κ2) is 9.92. The number of aliphatic hydroxyl groups excluding tert-OH is 1. The van der Waals surface area contributed by atoms with Crippen molar-refractivity contribution in [3.05, 3.63) is 71.8 Å². The summed E-state index contributed by atoms with van der Waals surface area (Å²) in [5.74, 6) is 0. The van der Waals surface area contributed by atoms with Gasteiger partial charge in [-0.1, -0.05) is 60.7 Å². The minimum absolute atomic E-state index is 0.242. The van der Waals surface area contributed by atoms with Crippen molar-refractivity contribution >= 4 is 0 Å². The molecule has 1 aliphatic rings. The lowest BCUT2D eigenvalue weighted by Crippen LogP contribution is -2.60. The molecule has 6 heteroatoms. The number of methoxy groups -OCH3 is 1.